The molecule has 2 amide bonds. The Bertz CT molecular complexity index is 1040. The topological polar surface area (TPSA) is 67.9 Å². The third kappa shape index (κ3) is 5.96. The normalized spacial score (nSPS) is 13.9. The number of nitrogens with zero attached hydrogens (tertiary/aromatic N) is 1. The van der Waals surface area contributed by atoms with Gasteiger partial charge in [-0.05, 0) is 49.1 Å². The van der Waals surface area contributed by atoms with Crippen LogP contribution in [-0.2, 0) is 14.3 Å². The molecule has 0 saturated carbocycles. The fourth-order valence-corrected chi connectivity index (χ4v) is 3.33. The van der Waals surface area contributed by atoms with Crippen molar-refractivity contribution >= 4 is 23.1 Å². The summed E-state index contributed by atoms with van der Waals surface area (Å²) in [4.78, 5) is 27.5. The smallest absolute Gasteiger partial charge is 0.278 e. The van der Waals surface area contributed by atoms with Crippen molar-refractivity contribution in [2.24, 2.45) is 5.92 Å². The second-order valence-corrected chi connectivity index (χ2v) is 8.05. The van der Waals surface area contributed by atoms with Crippen molar-refractivity contribution in [3.8, 4) is 5.75 Å². The van der Waals surface area contributed by atoms with Crippen LogP contribution in [0.1, 0.15) is 32.8 Å². The van der Waals surface area contributed by atoms with Gasteiger partial charge >= 0.3 is 0 Å². The summed E-state index contributed by atoms with van der Waals surface area (Å²) in [6.45, 7) is 7.63. The summed E-state index contributed by atoms with van der Waals surface area (Å²) in [5.41, 5.74) is 0.855. The average Bonchev–Trinajstić information content (AvgIpc) is 3.02. The quantitative estimate of drug-likeness (QED) is 0.393. The molecule has 6 nitrogen and oxygen atoms in total. The van der Waals surface area contributed by atoms with Gasteiger partial charge in [0.15, 0.2) is 11.6 Å². The van der Waals surface area contributed by atoms with Crippen molar-refractivity contribution in [2.45, 2.75) is 27.2 Å². The van der Waals surface area contributed by atoms with Crippen LogP contribution in [0.25, 0.3) is 5.57 Å². The lowest BCUT2D eigenvalue weighted by Crippen LogP contribution is -2.34. The Morgan fingerprint density at radius 2 is 1.73 bits per heavy atom. The first kappa shape index (κ1) is 24.4. The predicted octanol–water partition coefficient (Wildman–Crippen LogP) is 4.62. The molecule has 176 valence electrons. The molecule has 33 heavy (non-hydrogen) atoms. The number of ether oxygens (including phenoxy) is 2. The van der Waals surface area contributed by atoms with E-state index < -0.39 is 23.4 Å². The minimum atomic E-state index is -1.06. The van der Waals surface area contributed by atoms with Crippen LogP contribution in [0.2, 0.25) is 0 Å². The van der Waals surface area contributed by atoms with E-state index in [4.69, 9.17) is 9.47 Å². The first-order valence-corrected chi connectivity index (χ1v) is 10.9. The molecule has 0 spiro atoms. The van der Waals surface area contributed by atoms with Gasteiger partial charge in [0.1, 0.15) is 11.4 Å². The van der Waals surface area contributed by atoms with Crippen molar-refractivity contribution in [1.29, 1.82) is 0 Å². The molecule has 1 heterocycles. The molecular formula is C25H28F2N2O4. The zero-order chi connectivity index (χ0) is 24.0. The molecule has 1 N–H and O–H groups in total. The fraction of sp³-hybridized carbons (Fsp3) is 0.360. The number of nitrogens with one attached hydrogen (secondary N) is 1. The van der Waals surface area contributed by atoms with Gasteiger partial charge in [0.05, 0.1) is 12.2 Å². The highest BCUT2D eigenvalue weighted by atomic mass is 19.2. The van der Waals surface area contributed by atoms with Crippen molar-refractivity contribution in [2.75, 3.05) is 31.7 Å². The molecule has 0 aliphatic carbocycles. The molecule has 0 unspecified atom stereocenters. The Hall–Kier alpha value is -3.26. The molecule has 3 rings (SSSR count). The van der Waals surface area contributed by atoms with Gasteiger partial charge in [0, 0.05) is 31.5 Å². The number of amides is 2. The second kappa shape index (κ2) is 11.0. The molecule has 0 saturated heterocycles. The van der Waals surface area contributed by atoms with E-state index in [1.165, 1.54) is 6.07 Å². The highest BCUT2D eigenvalue weighted by Gasteiger charge is 2.39. The highest BCUT2D eigenvalue weighted by molar-refractivity contribution is 6.36. The largest absolute Gasteiger partial charge is 0.493 e. The SMILES string of the molecule is CCOCCCN1C(=O)C(Nc2ccc(F)c(F)c2)=C(c2ccc(OCC(C)C)cc2)C1=O. The van der Waals surface area contributed by atoms with E-state index >= 15 is 0 Å². The second-order valence-electron chi connectivity index (χ2n) is 8.05. The van der Waals surface area contributed by atoms with Gasteiger partial charge in [-0.3, -0.25) is 14.5 Å². The number of hydrogen-bond donors (Lipinski definition) is 1. The minimum absolute atomic E-state index is 0.0123. The summed E-state index contributed by atoms with van der Waals surface area (Å²) < 4.78 is 38.1. The van der Waals surface area contributed by atoms with Crippen molar-refractivity contribution in [1.82, 2.24) is 4.90 Å². The summed E-state index contributed by atoms with van der Waals surface area (Å²) in [7, 11) is 0. The van der Waals surface area contributed by atoms with Crippen LogP contribution >= 0.6 is 0 Å². The van der Waals surface area contributed by atoms with Crippen LogP contribution in [0.3, 0.4) is 0 Å². The Labute approximate surface area is 192 Å². The lowest BCUT2D eigenvalue weighted by Gasteiger charge is -2.15. The molecule has 0 bridgehead atoms. The number of anilines is 1. The predicted molar refractivity (Wildman–Crippen MR) is 122 cm³/mol. The molecule has 0 aromatic heterocycles. The highest BCUT2D eigenvalue weighted by Crippen LogP contribution is 2.32. The van der Waals surface area contributed by atoms with Gasteiger partial charge in [-0.15, -0.1) is 0 Å². The molecule has 2 aromatic carbocycles. The molecule has 0 radical (unpaired) electrons. The van der Waals surface area contributed by atoms with Crippen LogP contribution < -0.4 is 10.1 Å². The lowest BCUT2D eigenvalue weighted by atomic mass is 10.0. The number of carbonyl (C=O) groups is 2. The Kier molecular flexibility index (Phi) is 8.16. The molecule has 2 aromatic rings. The third-order valence-corrected chi connectivity index (χ3v) is 4.96. The van der Waals surface area contributed by atoms with Crippen LogP contribution in [0.4, 0.5) is 14.5 Å². The van der Waals surface area contributed by atoms with Crippen molar-refractivity contribution < 1.29 is 27.8 Å². The third-order valence-electron chi connectivity index (χ3n) is 4.96. The van der Waals surface area contributed by atoms with Gasteiger partial charge in [-0.25, -0.2) is 8.78 Å². The van der Waals surface area contributed by atoms with E-state index in [1.54, 1.807) is 24.3 Å². The Morgan fingerprint density at radius 3 is 2.36 bits per heavy atom. The number of benzene rings is 2. The summed E-state index contributed by atoms with van der Waals surface area (Å²) in [6.07, 6.45) is 0.485. The fourth-order valence-electron chi connectivity index (χ4n) is 3.33. The lowest BCUT2D eigenvalue weighted by molar-refractivity contribution is -0.137. The van der Waals surface area contributed by atoms with Crippen LogP contribution in [0.15, 0.2) is 48.2 Å². The van der Waals surface area contributed by atoms with Crippen molar-refractivity contribution in [3.63, 3.8) is 0 Å². The molecule has 1 aliphatic heterocycles. The van der Waals surface area contributed by atoms with Gasteiger partial charge in [-0.1, -0.05) is 26.0 Å². The van der Waals surface area contributed by atoms with Crippen LogP contribution in [-0.4, -0.2) is 43.1 Å². The van der Waals surface area contributed by atoms with Gasteiger partial charge in [0.2, 0.25) is 0 Å². The summed E-state index contributed by atoms with van der Waals surface area (Å²) in [5, 5.41) is 2.82. The number of imide groups is 1. The average molecular weight is 459 g/mol. The van der Waals surface area contributed by atoms with Crippen LogP contribution in [0.5, 0.6) is 5.75 Å². The Balaban J connectivity index is 1.91. The zero-order valence-electron chi connectivity index (χ0n) is 19.0. The van der Waals surface area contributed by atoms with Gasteiger partial charge < -0.3 is 14.8 Å². The van der Waals surface area contributed by atoms with E-state index in [-0.39, 0.29) is 23.5 Å². The number of carbonyl (C=O) groups excluding carboxylic acids is 2. The van der Waals surface area contributed by atoms with E-state index in [0.29, 0.717) is 43.5 Å². The van der Waals surface area contributed by atoms with Crippen LogP contribution in [0, 0.1) is 17.6 Å². The maximum Gasteiger partial charge on any atom is 0.278 e. The minimum Gasteiger partial charge on any atom is -0.493 e. The zero-order valence-corrected chi connectivity index (χ0v) is 19.0. The monoisotopic (exact) mass is 458 g/mol. The van der Waals surface area contributed by atoms with Gasteiger partial charge in [-0.2, -0.15) is 0 Å². The molecule has 1 aliphatic rings. The summed E-state index contributed by atoms with van der Waals surface area (Å²) >= 11 is 0. The summed E-state index contributed by atoms with van der Waals surface area (Å²) in [6, 6.07) is 10.1. The molecule has 0 atom stereocenters. The maximum absolute atomic E-state index is 13.7. The standard InChI is InChI=1S/C25H28F2N2O4/c1-4-32-13-5-12-29-24(30)22(17-6-9-19(10-7-17)33-15-16(2)3)23(25(29)31)28-18-8-11-20(26)21(27)14-18/h6-11,14,16,28H,4-5,12-13,15H2,1-3H3. The van der Waals surface area contributed by atoms with E-state index in [0.717, 1.165) is 17.0 Å². The van der Waals surface area contributed by atoms with E-state index in [1.807, 2.05) is 20.8 Å². The van der Waals surface area contributed by atoms with E-state index in [2.05, 4.69) is 5.32 Å². The Morgan fingerprint density at radius 1 is 1.00 bits per heavy atom. The first-order chi connectivity index (χ1) is 15.8. The molecule has 0 fully saturated rings. The molecule has 8 heteroatoms. The first-order valence-electron chi connectivity index (χ1n) is 10.9. The number of rotatable bonds is 11. The van der Waals surface area contributed by atoms with Gasteiger partial charge in [0.25, 0.3) is 11.8 Å². The maximum atomic E-state index is 13.7. The van der Waals surface area contributed by atoms with E-state index in [9.17, 15) is 18.4 Å². The molecular weight excluding hydrogens is 430 g/mol. The summed E-state index contributed by atoms with van der Waals surface area (Å²) in [5.74, 6) is -2.04. The number of hydrogen-bond acceptors (Lipinski definition) is 5. The number of halogens is 2. The van der Waals surface area contributed by atoms with Crippen molar-refractivity contribution in [3.05, 3.63) is 65.4 Å².